The number of esters is 1. The van der Waals surface area contributed by atoms with E-state index in [1.807, 2.05) is 36.5 Å². The van der Waals surface area contributed by atoms with Crippen molar-refractivity contribution >= 4 is 5.97 Å². The fourth-order valence-corrected chi connectivity index (χ4v) is 6.46. The van der Waals surface area contributed by atoms with Gasteiger partial charge in [0.25, 0.3) is 0 Å². The second-order valence-electron chi connectivity index (χ2n) is 12.2. The average molecular weight is 505 g/mol. The molecule has 0 saturated carbocycles. The van der Waals surface area contributed by atoms with Gasteiger partial charge in [-0.3, -0.25) is 4.98 Å². The van der Waals surface area contributed by atoms with Crippen molar-refractivity contribution in [1.82, 2.24) is 9.55 Å². The molecule has 2 aliphatic rings. The lowest BCUT2D eigenvalue weighted by atomic mass is 9.62. The van der Waals surface area contributed by atoms with Crippen molar-refractivity contribution in [2.45, 2.75) is 70.8 Å². The molecular formula is C34H36N2O2. The zero-order chi connectivity index (χ0) is 26.7. The molecule has 0 fully saturated rings. The van der Waals surface area contributed by atoms with Crippen LogP contribution in [0.25, 0.3) is 22.4 Å². The van der Waals surface area contributed by atoms with E-state index in [1.54, 1.807) is 0 Å². The molecule has 4 nitrogen and oxygen atoms in total. The minimum atomic E-state index is -0.310. The fraction of sp³-hybridized carbons (Fsp3) is 0.353. The zero-order valence-corrected chi connectivity index (χ0v) is 23.1. The summed E-state index contributed by atoms with van der Waals surface area (Å²) in [6.07, 6.45) is 8.61. The van der Waals surface area contributed by atoms with Crippen LogP contribution in [0.5, 0.6) is 0 Å². The van der Waals surface area contributed by atoms with Crippen molar-refractivity contribution in [3.63, 3.8) is 0 Å². The Morgan fingerprint density at radius 1 is 0.921 bits per heavy atom. The first-order valence-electron chi connectivity index (χ1n) is 13.7. The molecule has 4 heteroatoms. The minimum Gasteiger partial charge on any atom is -0.465 e. The van der Waals surface area contributed by atoms with Crippen molar-refractivity contribution in [1.29, 1.82) is 0 Å². The van der Waals surface area contributed by atoms with E-state index in [9.17, 15) is 4.79 Å². The van der Waals surface area contributed by atoms with E-state index in [1.165, 1.54) is 59.0 Å². The number of pyridine rings is 1. The van der Waals surface area contributed by atoms with Gasteiger partial charge < -0.3 is 9.30 Å². The number of rotatable bonds is 4. The SMILES string of the molecule is COC(=O)c1ccc(-c2cn(Cc3ccccn3)c3c2CCc2cc4c(cc2-3)C(C)(C)CCC4(C)C)cc1. The molecule has 2 heterocycles. The highest BCUT2D eigenvalue weighted by atomic mass is 16.5. The Bertz CT molecular complexity index is 1530. The highest BCUT2D eigenvalue weighted by Gasteiger charge is 2.39. The molecule has 4 aromatic rings. The zero-order valence-electron chi connectivity index (χ0n) is 23.1. The molecule has 2 aromatic carbocycles. The van der Waals surface area contributed by atoms with E-state index in [0.29, 0.717) is 5.56 Å². The lowest BCUT2D eigenvalue weighted by Crippen LogP contribution is -2.34. The van der Waals surface area contributed by atoms with Gasteiger partial charge in [-0.15, -0.1) is 0 Å². The Kier molecular flexibility index (Phi) is 5.82. The number of hydrogen-bond donors (Lipinski definition) is 0. The van der Waals surface area contributed by atoms with Crippen LogP contribution in [0.4, 0.5) is 0 Å². The van der Waals surface area contributed by atoms with Gasteiger partial charge in [0.2, 0.25) is 0 Å². The minimum absolute atomic E-state index is 0.155. The third-order valence-corrected chi connectivity index (χ3v) is 8.83. The number of hydrogen-bond acceptors (Lipinski definition) is 3. The number of aromatic nitrogens is 2. The standard InChI is InChI=1S/C34H36N2O2/c1-33(2)15-16-34(3,4)30-19-27-24(18-29(30)33)13-14-26-28(22-9-11-23(12-10-22)32(37)38-5)21-36(31(26)27)20-25-8-6-7-17-35-25/h6-12,17-19,21H,13-16,20H2,1-5H3. The number of ether oxygens (including phenoxy) is 1. The maximum absolute atomic E-state index is 12.0. The number of methoxy groups -OCH3 is 1. The van der Waals surface area contributed by atoms with Crippen LogP contribution in [0.1, 0.15) is 78.8 Å². The third kappa shape index (κ3) is 4.07. The molecule has 0 atom stereocenters. The number of benzene rings is 2. The van der Waals surface area contributed by atoms with Crippen LogP contribution in [0.3, 0.4) is 0 Å². The molecule has 0 unspecified atom stereocenters. The Labute approximate surface area is 225 Å². The normalized spacial score (nSPS) is 16.8. The summed E-state index contributed by atoms with van der Waals surface area (Å²) in [5.41, 5.74) is 12.9. The first kappa shape index (κ1) is 24.7. The van der Waals surface area contributed by atoms with Crippen LogP contribution in [-0.2, 0) is 35.0 Å². The van der Waals surface area contributed by atoms with Crippen LogP contribution >= 0.6 is 0 Å². The molecule has 0 spiro atoms. The molecule has 0 saturated heterocycles. The lowest BCUT2D eigenvalue weighted by Gasteiger charge is -2.43. The lowest BCUT2D eigenvalue weighted by molar-refractivity contribution is 0.0600. The van der Waals surface area contributed by atoms with Gasteiger partial charge in [0.05, 0.1) is 30.6 Å². The van der Waals surface area contributed by atoms with Crippen LogP contribution in [-0.4, -0.2) is 22.6 Å². The summed E-state index contributed by atoms with van der Waals surface area (Å²) in [7, 11) is 1.42. The Morgan fingerprint density at radius 2 is 1.63 bits per heavy atom. The van der Waals surface area contributed by atoms with Crippen molar-refractivity contribution in [3.05, 3.63) is 101 Å². The molecule has 0 bridgehead atoms. The highest BCUT2D eigenvalue weighted by Crippen LogP contribution is 2.50. The summed E-state index contributed by atoms with van der Waals surface area (Å²) < 4.78 is 7.30. The van der Waals surface area contributed by atoms with Crippen LogP contribution < -0.4 is 0 Å². The van der Waals surface area contributed by atoms with Gasteiger partial charge in [0.15, 0.2) is 0 Å². The Balaban J connectivity index is 1.54. The smallest absolute Gasteiger partial charge is 0.337 e. The maximum atomic E-state index is 12.0. The number of aryl methyl sites for hydroxylation is 1. The monoisotopic (exact) mass is 504 g/mol. The first-order chi connectivity index (χ1) is 18.2. The molecule has 0 aliphatic heterocycles. The van der Waals surface area contributed by atoms with Gasteiger partial charge in [-0.2, -0.15) is 0 Å². The second-order valence-corrected chi connectivity index (χ2v) is 12.2. The van der Waals surface area contributed by atoms with Gasteiger partial charge in [-0.05, 0) is 94.7 Å². The highest BCUT2D eigenvalue weighted by molar-refractivity contribution is 5.90. The quantitative estimate of drug-likeness (QED) is 0.270. The van der Waals surface area contributed by atoms with Crippen LogP contribution in [0.15, 0.2) is 67.0 Å². The predicted molar refractivity (Wildman–Crippen MR) is 153 cm³/mol. The molecule has 38 heavy (non-hydrogen) atoms. The van der Waals surface area contributed by atoms with E-state index < -0.39 is 0 Å². The average Bonchev–Trinajstić information content (AvgIpc) is 3.29. The van der Waals surface area contributed by atoms with Gasteiger partial charge in [0, 0.05) is 23.5 Å². The van der Waals surface area contributed by atoms with Gasteiger partial charge in [-0.1, -0.05) is 52.0 Å². The van der Waals surface area contributed by atoms with Crippen molar-refractivity contribution in [2.75, 3.05) is 7.11 Å². The van der Waals surface area contributed by atoms with E-state index >= 15 is 0 Å². The van der Waals surface area contributed by atoms with Gasteiger partial charge in [-0.25, -0.2) is 4.79 Å². The maximum Gasteiger partial charge on any atom is 0.337 e. The fourth-order valence-electron chi connectivity index (χ4n) is 6.46. The molecule has 2 aromatic heterocycles. The molecular weight excluding hydrogens is 468 g/mol. The number of carbonyl (C=O) groups is 1. The van der Waals surface area contributed by atoms with E-state index in [4.69, 9.17) is 4.74 Å². The first-order valence-corrected chi connectivity index (χ1v) is 13.7. The third-order valence-electron chi connectivity index (χ3n) is 8.83. The summed E-state index contributed by atoms with van der Waals surface area (Å²) >= 11 is 0. The summed E-state index contributed by atoms with van der Waals surface area (Å²) in [4.78, 5) is 16.7. The molecule has 0 radical (unpaired) electrons. The summed E-state index contributed by atoms with van der Waals surface area (Å²) in [5.74, 6) is -0.310. The predicted octanol–water partition coefficient (Wildman–Crippen LogP) is 7.50. The summed E-state index contributed by atoms with van der Waals surface area (Å²) in [5, 5.41) is 0. The van der Waals surface area contributed by atoms with Crippen molar-refractivity contribution in [3.8, 4) is 22.4 Å². The Hall–Kier alpha value is -3.66. The van der Waals surface area contributed by atoms with E-state index in [2.05, 4.69) is 67.7 Å². The van der Waals surface area contributed by atoms with Crippen molar-refractivity contribution < 1.29 is 9.53 Å². The Morgan fingerprint density at radius 3 is 2.29 bits per heavy atom. The summed E-state index contributed by atoms with van der Waals surface area (Å²) in [6.45, 7) is 10.3. The molecule has 6 rings (SSSR count). The number of carbonyl (C=O) groups excluding carboxylic acids is 1. The van der Waals surface area contributed by atoms with Crippen LogP contribution in [0, 0.1) is 0 Å². The number of nitrogens with zero attached hydrogens (tertiary/aromatic N) is 2. The molecule has 194 valence electrons. The van der Waals surface area contributed by atoms with Gasteiger partial charge in [0.1, 0.15) is 0 Å². The molecule has 0 N–H and O–H groups in total. The van der Waals surface area contributed by atoms with Crippen LogP contribution in [0.2, 0.25) is 0 Å². The van der Waals surface area contributed by atoms with Gasteiger partial charge >= 0.3 is 5.97 Å². The second kappa shape index (κ2) is 8.97. The largest absolute Gasteiger partial charge is 0.465 e. The van der Waals surface area contributed by atoms with Crippen molar-refractivity contribution in [2.24, 2.45) is 0 Å². The number of fused-ring (bicyclic) bond motifs is 4. The topological polar surface area (TPSA) is 44.1 Å². The van der Waals surface area contributed by atoms with E-state index in [0.717, 1.165) is 30.6 Å². The molecule has 0 amide bonds. The molecule has 2 aliphatic carbocycles. The van der Waals surface area contributed by atoms with E-state index in [-0.39, 0.29) is 16.8 Å². The summed E-state index contributed by atoms with van der Waals surface area (Å²) in [6, 6.07) is 19.0.